The average molecular weight is 1480 g/mol. The van der Waals surface area contributed by atoms with E-state index in [1.807, 2.05) is 0 Å². The van der Waals surface area contributed by atoms with E-state index in [9.17, 15) is 43.2 Å². The Bertz CT molecular complexity index is 3350. The summed E-state index contributed by atoms with van der Waals surface area (Å²) in [5.41, 5.74) is -4.11. The van der Waals surface area contributed by atoms with Gasteiger partial charge in [-0.05, 0) is 41.5 Å². The molecular weight excluding hydrogens is 1390 g/mol. The molecule has 0 saturated heterocycles. The number of thioether (sulfide) groups is 3. The molecule has 3 aromatic carbocycles. The van der Waals surface area contributed by atoms with Crippen molar-refractivity contribution in [3.63, 3.8) is 0 Å². The third-order valence-corrected chi connectivity index (χ3v) is 18.5. The Balaban J connectivity index is 1.39. The second-order valence-corrected chi connectivity index (χ2v) is 29.9. The fourth-order valence-electron chi connectivity index (χ4n) is 12.4. The van der Waals surface area contributed by atoms with Gasteiger partial charge in [-0.1, -0.05) is 0 Å². The van der Waals surface area contributed by atoms with Gasteiger partial charge in [0, 0.05) is 125 Å². The Kier molecular flexibility index (Phi) is 20.8. The molecule has 6 heterocycles. The van der Waals surface area contributed by atoms with Gasteiger partial charge in [0.2, 0.25) is 52.4 Å². The number of fused-ring (bicyclic) bond motifs is 6. The van der Waals surface area contributed by atoms with Gasteiger partial charge in [-0.15, -0.1) is 35.3 Å². The van der Waals surface area contributed by atoms with E-state index in [0.717, 1.165) is 91.5 Å². The van der Waals surface area contributed by atoms with Crippen LogP contribution in [0.5, 0.6) is 69.0 Å². The summed E-state index contributed by atoms with van der Waals surface area (Å²) >= 11 is 2.60. The molecule has 0 saturated carbocycles. The standard InChI is InChI=1S/C67H85N3O28S3/c1-28(81-34(7)71)68(29(2)82-35(8)72)40(77)25-99-58-52-46(87-61(13,14)93-52)43(47-53(58)94-62(15,16)88-47)67(80,44-48-54(95-63(17,18)89-48)59(55-49(44)90-64(19,20)96-55)100-26-41(78)69(30(3)83-36(9)73)31(4)84-37(10)74)45-50-56(97-65(21,22)91-50)60(57-51(45)92-66(23,24)98-57)101-27-42(79)70(32(5)85-38(11)75)33(6)86-39(12)76/h28-33,80H,25-27H2,1-24H3. The number of ether oxygens (including phenoxy) is 18. The van der Waals surface area contributed by atoms with Crippen molar-refractivity contribution in [3.8, 4) is 69.0 Å². The summed E-state index contributed by atoms with van der Waals surface area (Å²) in [5.74, 6) is -20.4. The molecule has 0 spiro atoms. The SMILES string of the molecule is CC(=O)OC(C)N(C(=O)CSc1c2c(c(C(O)(c3c4c(c(SCC(=O)N(C(C)OC(C)=O)C(C)OC(C)=O)c5c3OC(C)(C)O5)OC(C)(C)O4)c3c4c(c(SCC(=O)N(C(C)OC(C)=O)C(C)OC(C)=O)c5c3OC(C)(C)O5)OC(C)(C)O4)c3c1OC(C)(C)O3)OC(C)(C)O2)C(C)OC(C)=O. The Morgan fingerprint density at radius 3 is 0.584 bits per heavy atom. The highest BCUT2D eigenvalue weighted by molar-refractivity contribution is 8.00. The van der Waals surface area contributed by atoms with Crippen LogP contribution in [0, 0.1) is 0 Å². The van der Waals surface area contributed by atoms with Gasteiger partial charge in [-0.3, -0.25) is 57.9 Å². The molecule has 6 unspecified atom stereocenters. The highest BCUT2D eigenvalue weighted by atomic mass is 32.2. The minimum Gasteiger partial charge on any atom is -0.448 e. The molecule has 6 aliphatic rings. The molecule has 0 radical (unpaired) electrons. The number of carbonyl (C=O) groups is 9. The molecule has 34 heteroatoms. The summed E-state index contributed by atoms with van der Waals surface area (Å²) in [5, 5.41) is 15.9. The van der Waals surface area contributed by atoms with Crippen LogP contribution in [-0.2, 0) is 77.2 Å². The smallest absolute Gasteiger partial charge is 0.304 e. The minimum atomic E-state index is -3.09. The first-order valence-electron chi connectivity index (χ1n) is 32.1. The van der Waals surface area contributed by atoms with Crippen LogP contribution in [0.3, 0.4) is 0 Å². The molecule has 3 amide bonds. The molecule has 554 valence electrons. The highest BCUT2D eigenvalue weighted by Crippen LogP contribution is 2.73. The Morgan fingerprint density at radius 2 is 0.446 bits per heavy atom. The number of carbonyl (C=O) groups excluding carboxylic acids is 9. The van der Waals surface area contributed by atoms with Gasteiger partial charge in [-0.25, -0.2) is 0 Å². The number of aliphatic hydroxyl groups is 1. The van der Waals surface area contributed by atoms with Crippen LogP contribution in [-0.4, -0.2) is 163 Å². The summed E-state index contributed by atoms with van der Waals surface area (Å²) in [6.07, 6.45) is -7.55. The molecule has 31 nitrogen and oxygen atoms in total. The van der Waals surface area contributed by atoms with Gasteiger partial charge < -0.3 is 90.4 Å². The van der Waals surface area contributed by atoms with Crippen LogP contribution in [0.15, 0.2) is 14.7 Å². The van der Waals surface area contributed by atoms with E-state index in [0.29, 0.717) is 0 Å². The number of hydrogen-bond donors (Lipinski definition) is 1. The van der Waals surface area contributed by atoms with Crippen LogP contribution in [0.4, 0.5) is 0 Å². The van der Waals surface area contributed by atoms with Crippen LogP contribution in [0.1, 0.15) is 183 Å². The number of amides is 3. The van der Waals surface area contributed by atoms with E-state index < -0.39 is 148 Å². The van der Waals surface area contributed by atoms with Gasteiger partial charge in [0.05, 0.1) is 33.9 Å². The fraction of sp³-hybridized carbons (Fsp3) is 0.597. The van der Waals surface area contributed by atoms with Crippen molar-refractivity contribution in [2.75, 3.05) is 17.3 Å². The molecule has 0 aromatic heterocycles. The predicted molar refractivity (Wildman–Crippen MR) is 354 cm³/mol. The van der Waals surface area contributed by atoms with E-state index in [2.05, 4.69) is 0 Å². The lowest BCUT2D eigenvalue weighted by molar-refractivity contribution is -0.185. The number of hydrogen-bond acceptors (Lipinski definition) is 31. The molecular formula is C67H85N3O28S3. The van der Waals surface area contributed by atoms with E-state index in [4.69, 9.17) is 85.3 Å². The molecule has 0 fully saturated rings. The first kappa shape index (κ1) is 76.7. The van der Waals surface area contributed by atoms with E-state index >= 15 is 5.11 Å². The maximum Gasteiger partial charge on any atom is 0.304 e. The van der Waals surface area contributed by atoms with Gasteiger partial charge in [0.15, 0.2) is 112 Å². The summed E-state index contributed by atoms with van der Waals surface area (Å²) in [4.78, 5) is 122. The monoisotopic (exact) mass is 1480 g/mol. The lowest BCUT2D eigenvalue weighted by Crippen LogP contribution is -2.49. The van der Waals surface area contributed by atoms with E-state index in [1.54, 1.807) is 83.1 Å². The normalized spacial score (nSPS) is 19.2. The van der Waals surface area contributed by atoms with Crippen molar-refractivity contribution in [1.29, 1.82) is 0 Å². The number of rotatable bonds is 24. The van der Waals surface area contributed by atoms with Gasteiger partial charge in [-0.2, -0.15) is 0 Å². The topological polar surface area (TPSA) is 350 Å². The van der Waals surface area contributed by atoms with Crippen molar-refractivity contribution < 1.29 is 134 Å². The Hall–Kier alpha value is -8.50. The quantitative estimate of drug-likeness (QED) is 0.0287. The zero-order valence-corrected chi connectivity index (χ0v) is 63.1. The van der Waals surface area contributed by atoms with Crippen LogP contribution in [0.2, 0.25) is 0 Å². The van der Waals surface area contributed by atoms with Crippen molar-refractivity contribution in [2.45, 2.75) is 259 Å². The van der Waals surface area contributed by atoms with Crippen molar-refractivity contribution in [1.82, 2.24) is 14.7 Å². The van der Waals surface area contributed by atoms with Gasteiger partial charge >= 0.3 is 35.8 Å². The van der Waals surface area contributed by atoms with Crippen LogP contribution >= 0.6 is 35.3 Å². The van der Waals surface area contributed by atoms with Crippen molar-refractivity contribution in [3.05, 3.63) is 16.7 Å². The molecule has 9 rings (SSSR count). The van der Waals surface area contributed by atoms with Gasteiger partial charge in [0.25, 0.3) is 0 Å². The maximum atomic E-state index is 15.9. The largest absolute Gasteiger partial charge is 0.448 e. The summed E-state index contributed by atoms with van der Waals surface area (Å²) < 4.78 is 115. The molecule has 101 heavy (non-hydrogen) atoms. The summed E-state index contributed by atoms with van der Waals surface area (Å²) in [6, 6.07) is 0. The number of nitrogens with zero attached hydrogens (tertiary/aromatic N) is 3. The third-order valence-electron chi connectivity index (χ3n) is 15.4. The Labute approximate surface area is 595 Å². The lowest BCUT2D eigenvalue weighted by atomic mass is 9.76. The fourth-order valence-corrected chi connectivity index (χ4v) is 15.2. The second kappa shape index (κ2) is 27.4. The molecule has 3 aromatic rings. The maximum absolute atomic E-state index is 15.9. The lowest BCUT2D eigenvalue weighted by Gasteiger charge is -2.35. The van der Waals surface area contributed by atoms with Crippen molar-refractivity contribution >= 4 is 88.8 Å². The predicted octanol–water partition coefficient (Wildman–Crippen LogP) is 9.23. The molecule has 0 aliphatic carbocycles. The third kappa shape index (κ3) is 15.6. The first-order chi connectivity index (χ1) is 46.5. The minimum absolute atomic E-state index is 0.0765. The van der Waals surface area contributed by atoms with Gasteiger partial charge in [0.1, 0.15) is 14.7 Å². The Morgan fingerprint density at radius 1 is 0.307 bits per heavy atom. The molecule has 1 N–H and O–H groups in total. The summed E-state index contributed by atoms with van der Waals surface area (Å²) in [6.45, 7) is 34.3. The molecule has 0 bridgehead atoms. The van der Waals surface area contributed by atoms with Crippen LogP contribution < -0.4 is 56.8 Å². The highest BCUT2D eigenvalue weighted by Gasteiger charge is 2.62. The van der Waals surface area contributed by atoms with Crippen molar-refractivity contribution in [2.24, 2.45) is 0 Å². The second-order valence-electron chi connectivity index (χ2n) is 26.9. The zero-order chi connectivity index (χ0) is 75.3. The first-order valence-corrected chi connectivity index (χ1v) is 35.0. The number of esters is 6. The molecule has 6 aliphatic heterocycles. The van der Waals surface area contributed by atoms with E-state index in [-0.39, 0.29) is 100 Å². The van der Waals surface area contributed by atoms with Crippen LogP contribution in [0.25, 0.3) is 0 Å². The zero-order valence-electron chi connectivity index (χ0n) is 60.6. The average Bonchev–Trinajstić information content (AvgIpc) is 1.56. The van der Waals surface area contributed by atoms with E-state index in [1.165, 1.54) is 41.5 Å². The summed E-state index contributed by atoms with van der Waals surface area (Å²) in [7, 11) is 0. The molecule has 6 atom stereocenters. The number of benzene rings is 3.